The van der Waals surface area contributed by atoms with Crippen molar-refractivity contribution < 1.29 is 4.74 Å². The molecule has 0 N–H and O–H groups in total. The van der Waals surface area contributed by atoms with Gasteiger partial charge in [-0.3, -0.25) is 0 Å². The minimum atomic E-state index is 0.844. The summed E-state index contributed by atoms with van der Waals surface area (Å²) in [6.07, 6.45) is 3.41. The zero-order valence-corrected chi connectivity index (χ0v) is 7.12. The zero-order valence-electron chi connectivity index (χ0n) is 6.30. The molecule has 0 fully saturated rings. The first kappa shape index (κ1) is 9.80. The van der Waals surface area contributed by atoms with Crippen LogP contribution in [-0.4, -0.2) is 19.5 Å². The fourth-order valence-corrected chi connectivity index (χ4v) is 1.08. The third kappa shape index (κ3) is 7.80. The van der Waals surface area contributed by atoms with Crippen LogP contribution < -0.4 is 0 Å². The fraction of sp³-hybridized carbons (Fsp3) is 0.857. The molecule has 0 unspecified atom stereocenters. The molecular formula is C7H13NOS. The number of hydrogen-bond acceptors (Lipinski definition) is 3. The molecule has 0 aliphatic carbocycles. The molecule has 3 heteroatoms. The highest BCUT2D eigenvalue weighted by Crippen LogP contribution is 2.03. The van der Waals surface area contributed by atoms with Crippen LogP contribution in [0.15, 0.2) is 0 Å². The van der Waals surface area contributed by atoms with E-state index < -0.39 is 0 Å². The fourth-order valence-electron chi connectivity index (χ4n) is 0.643. The molecule has 0 rings (SSSR count). The van der Waals surface area contributed by atoms with Gasteiger partial charge in [0.05, 0.1) is 0 Å². The van der Waals surface area contributed by atoms with E-state index in [0.717, 1.165) is 25.2 Å². The smallest absolute Gasteiger partial charge is 0.133 e. The van der Waals surface area contributed by atoms with Crippen molar-refractivity contribution in [1.29, 1.82) is 5.26 Å². The average molecular weight is 159 g/mol. The standard InChI is InChI=1S/C7H13NOS/c1-9-5-3-2-4-6-10-7-8/h2-6H2,1H3. The Kier molecular flexibility index (Phi) is 8.62. The molecule has 0 aromatic carbocycles. The van der Waals surface area contributed by atoms with Crippen molar-refractivity contribution in [3.8, 4) is 5.40 Å². The van der Waals surface area contributed by atoms with E-state index in [-0.39, 0.29) is 0 Å². The number of thioether (sulfide) groups is 1. The molecule has 2 nitrogen and oxygen atoms in total. The molecular weight excluding hydrogens is 146 g/mol. The van der Waals surface area contributed by atoms with Crippen LogP contribution in [0.4, 0.5) is 0 Å². The molecule has 0 atom stereocenters. The Bertz CT molecular complexity index is 100. The minimum Gasteiger partial charge on any atom is -0.385 e. The van der Waals surface area contributed by atoms with Crippen LogP contribution in [0.3, 0.4) is 0 Å². The summed E-state index contributed by atoms with van der Waals surface area (Å²) < 4.78 is 4.88. The molecule has 0 spiro atoms. The summed E-state index contributed by atoms with van der Waals surface area (Å²) >= 11 is 1.33. The summed E-state index contributed by atoms with van der Waals surface area (Å²) in [4.78, 5) is 0. The van der Waals surface area contributed by atoms with E-state index in [1.165, 1.54) is 18.2 Å². The van der Waals surface area contributed by atoms with Crippen molar-refractivity contribution in [3.63, 3.8) is 0 Å². The summed E-state index contributed by atoms with van der Waals surface area (Å²) in [5, 5.41) is 10.2. The quantitative estimate of drug-likeness (QED) is 0.439. The maximum atomic E-state index is 8.16. The number of hydrogen-bond donors (Lipinski definition) is 0. The SMILES string of the molecule is COCCCCCSC#N. The molecule has 0 aromatic rings. The molecule has 0 saturated carbocycles. The molecule has 0 aliphatic rings. The Labute approximate surface area is 66.6 Å². The van der Waals surface area contributed by atoms with E-state index in [2.05, 4.69) is 0 Å². The van der Waals surface area contributed by atoms with Crippen molar-refractivity contribution in [3.05, 3.63) is 0 Å². The molecule has 0 radical (unpaired) electrons. The molecule has 0 amide bonds. The monoisotopic (exact) mass is 159 g/mol. The predicted molar refractivity (Wildman–Crippen MR) is 43.8 cm³/mol. The number of rotatable bonds is 6. The number of thiocyanates is 1. The van der Waals surface area contributed by atoms with Crippen LogP contribution in [0.1, 0.15) is 19.3 Å². The second-order valence-corrected chi connectivity index (χ2v) is 2.87. The maximum absolute atomic E-state index is 8.16. The molecule has 0 aromatic heterocycles. The molecule has 0 aliphatic heterocycles. The van der Waals surface area contributed by atoms with Gasteiger partial charge in [-0.25, -0.2) is 0 Å². The summed E-state index contributed by atoms with van der Waals surface area (Å²) in [6.45, 7) is 0.844. The Morgan fingerprint density at radius 2 is 2.20 bits per heavy atom. The molecule has 58 valence electrons. The maximum Gasteiger partial charge on any atom is 0.133 e. The highest BCUT2D eigenvalue weighted by atomic mass is 32.2. The number of nitriles is 1. The van der Waals surface area contributed by atoms with E-state index in [4.69, 9.17) is 10.00 Å². The highest BCUT2D eigenvalue weighted by Gasteiger charge is 1.88. The van der Waals surface area contributed by atoms with Crippen LogP contribution in [-0.2, 0) is 4.74 Å². The van der Waals surface area contributed by atoms with Gasteiger partial charge in [0.2, 0.25) is 0 Å². The van der Waals surface area contributed by atoms with Gasteiger partial charge in [-0.05, 0) is 24.6 Å². The van der Waals surface area contributed by atoms with Crippen LogP contribution in [0.5, 0.6) is 0 Å². The Morgan fingerprint density at radius 3 is 2.80 bits per heavy atom. The van der Waals surface area contributed by atoms with Crippen molar-refractivity contribution in [2.75, 3.05) is 19.5 Å². The summed E-state index contributed by atoms with van der Waals surface area (Å²) in [6, 6.07) is 0. The average Bonchev–Trinajstić information content (AvgIpc) is 1.97. The highest BCUT2D eigenvalue weighted by molar-refractivity contribution is 8.03. The first-order valence-electron chi connectivity index (χ1n) is 3.41. The minimum absolute atomic E-state index is 0.844. The van der Waals surface area contributed by atoms with E-state index in [1.54, 1.807) is 7.11 Å². The third-order valence-electron chi connectivity index (χ3n) is 1.16. The van der Waals surface area contributed by atoms with Gasteiger partial charge < -0.3 is 4.74 Å². The van der Waals surface area contributed by atoms with Gasteiger partial charge >= 0.3 is 0 Å². The lowest BCUT2D eigenvalue weighted by molar-refractivity contribution is 0.192. The largest absolute Gasteiger partial charge is 0.385 e. The normalized spacial score (nSPS) is 9.20. The molecule has 0 saturated heterocycles. The molecule has 10 heavy (non-hydrogen) atoms. The molecule has 0 bridgehead atoms. The Morgan fingerprint density at radius 1 is 1.40 bits per heavy atom. The van der Waals surface area contributed by atoms with Gasteiger partial charge in [0, 0.05) is 19.5 Å². The topological polar surface area (TPSA) is 33.0 Å². The Balaban J connectivity index is 2.72. The molecule has 0 heterocycles. The predicted octanol–water partition coefficient (Wildman–Crippen LogP) is 2.02. The summed E-state index contributed by atoms with van der Waals surface area (Å²) in [5.41, 5.74) is 0. The van der Waals surface area contributed by atoms with Gasteiger partial charge in [-0.1, -0.05) is 6.42 Å². The van der Waals surface area contributed by atoms with Crippen LogP contribution in [0.25, 0.3) is 0 Å². The van der Waals surface area contributed by atoms with Crippen molar-refractivity contribution in [1.82, 2.24) is 0 Å². The van der Waals surface area contributed by atoms with Crippen molar-refractivity contribution in [2.24, 2.45) is 0 Å². The zero-order chi connectivity index (χ0) is 7.66. The summed E-state index contributed by atoms with van der Waals surface area (Å²) in [7, 11) is 1.71. The lowest BCUT2D eigenvalue weighted by Crippen LogP contribution is -1.88. The number of methoxy groups -OCH3 is 1. The first-order valence-corrected chi connectivity index (χ1v) is 4.40. The van der Waals surface area contributed by atoms with Crippen LogP contribution >= 0.6 is 11.8 Å². The summed E-state index contributed by atoms with van der Waals surface area (Å²) in [5.74, 6) is 0.959. The number of ether oxygens (including phenoxy) is 1. The second kappa shape index (κ2) is 8.80. The van der Waals surface area contributed by atoms with Gasteiger partial charge in [0.15, 0.2) is 0 Å². The van der Waals surface area contributed by atoms with Gasteiger partial charge in [-0.15, -0.1) is 0 Å². The second-order valence-electron chi connectivity index (χ2n) is 1.99. The van der Waals surface area contributed by atoms with Crippen molar-refractivity contribution in [2.45, 2.75) is 19.3 Å². The van der Waals surface area contributed by atoms with Gasteiger partial charge in [-0.2, -0.15) is 5.26 Å². The first-order chi connectivity index (χ1) is 4.91. The lowest BCUT2D eigenvalue weighted by Gasteiger charge is -1.96. The van der Waals surface area contributed by atoms with E-state index in [1.807, 2.05) is 5.40 Å². The van der Waals surface area contributed by atoms with E-state index in [0.29, 0.717) is 0 Å². The number of nitrogens with zero attached hydrogens (tertiary/aromatic N) is 1. The number of unbranched alkanes of at least 4 members (excludes halogenated alkanes) is 2. The van der Waals surface area contributed by atoms with E-state index in [9.17, 15) is 0 Å². The van der Waals surface area contributed by atoms with Gasteiger partial charge in [0.1, 0.15) is 5.40 Å². The van der Waals surface area contributed by atoms with Crippen LogP contribution in [0, 0.1) is 10.7 Å². The Hall–Kier alpha value is -0.200. The van der Waals surface area contributed by atoms with Crippen LogP contribution in [0.2, 0.25) is 0 Å². The van der Waals surface area contributed by atoms with Crippen molar-refractivity contribution >= 4 is 11.8 Å². The van der Waals surface area contributed by atoms with Gasteiger partial charge in [0.25, 0.3) is 0 Å². The van der Waals surface area contributed by atoms with E-state index >= 15 is 0 Å². The lowest BCUT2D eigenvalue weighted by atomic mass is 10.3. The third-order valence-corrected chi connectivity index (χ3v) is 1.78.